The number of rotatable bonds is 2. The number of H-pyrrole nitrogens is 2. The van der Waals surface area contributed by atoms with Crippen LogP contribution in [0.1, 0.15) is 28.7 Å². The maximum atomic E-state index is 12.4. The molecule has 0 aliphatic heterocycles. The van der Waals surface area contributed by atoms with Gasteiger partial charge in [0.1, 0.15) is 5.69 Å². The van der Waals surface area contributed by atoms with Gasteiger partial charge >= 0.3 is 5.97 Å². The Morgan fingerprint density at radius 1 is 1.24 bits per heavy atom. The summed E-state index contributed by atoms with van der Waals surface area (Å²) in [7, 11) is 0. The molecule has 21 heavy (non-hydrogen) atoms. The highest BCUT2D eigenvalue weighted by Crippen LogP contribution is 2.26. The van der Waals surface area contributed by atoms with Crippen LogP contribution in [0.3, 0.4) is 0 Å². The molecule has 1 aromatic carbocycles. The smallest absolute Gasteiger partial charge is 0.354 e. The highest BCUT2D eigenvalue weighted by molar-refractivity contribution is 6.06. The number of carbonyl (C=O) groups is 1. The number of aromatic nitrogens is 2. The number of pyridine rings is 1. The Hall–Kier alpha value is -2.56. The highest BCUT2D eigenvalue weighted by Gasteiger charge is 2.14. The molecule has 0 spiro atoms. The molecule has 2 aromatic heterocycles. The van der Waals surface area contributed by atoms with Crippen molar-refractivity contribution in [3.8, 4) is 0 Å². The first-order valence-corrected chi connectivity index (χ1v) is 6.85. The molecule has 0 bridgehead atoms. The molecule has 5 heteroatoms. The lowest BCUT2D eigenvalue weighted by Gasteiger charge is -2.05. The topological polar surface area (TPSA) is 75.0 Å². The second kappa shape index (κ2) is 4.77. The lowest BCUT2D eigenvalue weighted by Crippen LogP contribution is -2.12. The van der Waals surface area contributed by atoms with Crippen molar-refractivity contribution in [1.82, 2.24) is 9.97 Å². The van der Waals surface area contributed by atoms with Crippen molar-refractivity contribution in [1.29, 1.82) is 0 Å². The van der Waals surface area contributed by atoms with E-state index in [9.17, 15) is 9.59 Å². The van der Waals surface area contributed by atoms with E-state index in [2.05, 4.69) is 9.97 Å². The van der Waals surface area contributed by atoms with Crippen molar-refractivity contribution in [2.24, 2.45) is 0 Å². The maximum absolute atomic E-state index is 12.4. The van der Waals surface area contributed by atoms with E-state index in [1.807, 2.05) is 26.0 Å². The fourth-order valence-corrected chi connectivity index (χ4v) is 2.59. The summed E-state index contributed by atoms with van der Waals surface area (Å²) >= 11 is 0. The third kappa shape index (κ3) is 2.01. The molecule has 0 radical (unpaired) electrons. The van der Waals surface area contributed by atoms with Crippen LogP contribution in [-0.2, 0) is 4.74 Å². The van der Waals surface area contributed by atoms with E-state index in [1.54, 1.807) is 6.92 Å². The van der Waals surface area contributed by atoms with Gasteiger partial charge in [0.15, 0.2) is 5.43 Å². The number of fused-ring (bicyclic) bond motifs is 3. The van der Waals surface area contributed by atoms with E-state index in [4.69, 9.17) is 4.74 Å². The van der Waals surface area contributed by atoms with Crippen molar-refractivity contribution >= 4 is 27.8 Å². The Morgan fingerprint density at radius 2 is 2.00 bits per heavy atom. The summed E-state index contributed by atoms with van der Waals surface area (Å²) in [6.07, 6.45) is 0. The molecule has 2 N–H and O–H groups in total. The van der Waals surface area contributed by atoms with Crippen molar-refractivity contribution in [2.45, 2.75) is 20.8 Å². The lowest BCUT2D eigenvalue weighted by atomic mass is 10.1. The standard InChI is InChI=1S/C16H16N2O3/c1-4-21-16(20)12-7-13(19)14-11(18-12)6-5-10-8(2)9(3)17-15(10)14/h5-7,17H,4H2,1-3H3,(H,18,19). The summed E-state index contributed by atoms with van der Waals surface area (Å²) < 4.78 is 4.93. The van der Waals surface area contributed by atoms with Gasteiger partial charge in [0.05, 0.1) is 23.0 Å². The van der Waals surface area contributed by atoms with Gasteiger partial charge in [-0.05, 0) is 32.4 Å². The van der Waals surface area contributed by atoms with E-state index in [0.29, 0.717) is 10.9 Å². The SMILES string of the molecule is CCOC(=O)c1cc(=O)c2c(ccc3c(C)c(C)[nH]c32)[nH]1. The summed E-state index contributed by atoms with van der Waals surface area (Å²) in [5.41, 5.74) is 3.57. The van der Waals surface area contributed by atoms with Gasteiger partial charge in [0.25, 0.3) is 0 Å². The van der Waals surface area contributed by atoms with Crippen LogP contribution < -0.4 is 5.43 Å². The first-order valence-electron chi connectivity index (χ1n) is 6.85. The van der Waals surface area contributed by atoms with Crippen LogP contribution >= 0.6 is 0 Å². The number of esters is 1. The number of aryl methyl sites for hydroxylation is 2. The Labute approximate surface area is 120 Å². The van der Waals surface area contributed by atoms with Crippen LogP contribution in [0.5, 0.6) is 0 Å². The Bertz CT molecular complexity index is 919. The number of carbonyl (C=O) groups excluding carboxylic acids is 1. The summed E-state index contributed by atoms with van der Waals surface area (Å²) in [5.74, 6) is -0.518. The molecule has 3 aromatic rings. The molecular formula is C16H16N2O3. The normalized spacial score (nSPS) is 11.2. The number of benzene rings is 1. The van der Waals surface area contributed by atoms with E-state index >= 15 is 0 Å². The molecule has 108 valence electrons. The zero-order chi connectivity index (χ0) is 15.1. The number of hydrogen-bond donors (Lipinski definition) is 2. The predicted molar refractivity (Wildman–Crippen MR) is 81.9 cm³/mol. The second-order valence-electron chi connectivity index (χ2n) is 5.05. The molecule has 3 rings (SSSR count). The van der Waals surface area contributed by atoms with Crippen LogP contribution in [0, 0.1) is 13.8 Å². The van der Waals surface area contributed by atoms with Gasteiger partial charge < -0.3 is 14.7 Å². The number of ether oxygens (including phenoxy) is 1. The van der Waals surface area contributed by atoms with Gasteiger partial charge in [-0.15, -0.1) is 0 Å². The number of aromatic amines is 2. The van der Waals surface area contributed by atoms with Gasteiger partial charge in [-0.1, -0.05) is 6.07 Å². The van der Waals surface area contributed by atoms with Crippen LogP contribution in [0.15, 0.2) is 23.0 Å². The summed E-state index contributed by atoms with van der Waals surface area (Å²) in [6, 6.07) is 5.06. The van der Waals surface area contributed by atoms with Crippen LogP contribution in [0.2, 0.25) is 0 Å². The molecule has 5 nitrogen and oxygen atoms in total. The summed E-state index contributed by atoms with van der Waals surface area (Å²) in [4.78, 5) is 30.4. The van der Waals surface area contributed by atoms with Gasteiger partial charge in [0, 0.05) is 17.1 Å². The monoisotopic (exact) mass is 284 g/mol. The van der Waals surface area contributed by atoms with Crippen molar-refractivity contribution < 1.29 is 9.53 Å². The second-order valence-corrected chi connectivity index (χ2v) is 5.05. The molecule has 0 saturated heterocycles. The predicted octanol–water partition coefficient (Wildman–Crippen LogP) is 2.80. The minimum absolute atomic E-state index is 0.175. The average molecular weight is 284 g/mol. The first-order chi connectivity index (χ1) is 10.0. The molecule has 0 fully saturated rings. The Morgan fingerprint density at radius 3 is 2.71 bits per heavy atom. The fraction of sp³-hybridized carbons (Fsp3) is 0.250. The Balaban J connectivity index is 2.33. The molecule has 0 aliphatic rings. The van der Waals surface area contributed by atoms with Crippen LogP contribution in [0.25, 0.3) is 21.8 Å². The van der Waals surface area contributed by atoms with Gasteiger partial charge in [-0.3, -0.25) is 4.79 Å². The zero-order valence-electron chi connectivity index (χ0n) is 12.2. The average Bonchev–Trinajstić information content (AvgIpc) is 2.74. The molecule has 0 atom stereocenters. The largest absolute Gasteiger partial charge is 0.461 e. The van der Waals surface area contributed by atoms with Gasteiger partial charge in [-0.2, -0.15) is 0 Å². The number of hydrogen-bond acceptors (Lipinski definition) is 3. The fourth-order valence-electron chi connectivity index (χ4n) is 2.59. The molecule has 0 unspecified atom stereocenters. The number of nitrogens with one attached hydrogen (secondary N) is 2. The molecule has 2 heterocycles. The van der Waals surface area contributed by atoms with Crippen LogP contribution in [-0.4, -0.2) is 22.5 Å². The zero-order valence-corrected chi connectivity index (χ0v) is 12.2. The quantitative estimate of drug-likeness (QED) is 0.710. The minimum Gasteiger partial charge on any atom is -0.461 e. The third-order valence-electron chi connectivity index (χ3n) is 3.77. The first kappa shape index (κ1) is 13.4. The lowest BCUT2D eigenvalue weighted by molar-refractivity contribution is 0.0520. The van der Waals surface area contributed by atoms with Gasteiger partial charge in [0.2, 0.25) is 0 Å². The van der Waals surface area contributed by atoms with E-state index in [-0.39, 0.29) is 17.7 Å². The van der Waals surface area contributed by atoms with E-state index in [0.717, 1.165) is 22.2 Å². The summed E-state index contributed by atoms with van der Waals surface area (Å²) in [5, 5.41) is 1.59. The highest BCUT2D eigenvalue weighted by atomic mass is 16.5. The molecule has 0 amide bonds. The Kier molecular flexibility index (Phi) is 3.05. The minimum atomic E-state index is -0.518. The van der Waals surface area contributed by atoms with Crippen LogP contribution in [0.4, 0.5) is 0 Å². The third-order valence-corrected chi connectivity index (χ3v) is 3.77. The summed E-state index contributed by atoms with van der Waals surface area (Å²) in [6.45, 7) is 5.99. The van der Waals surface area contributed by atoms with Crippen molar-refractivity contribution in [3.63, 3.8) is 0 Å². The van der Waals surface area contributed by atoms with Crippen molar-refractivity contribution in [2.75, 3.05) is 6.61 Å². The van der Waals surface area contributed by atoms with E-state index in [1.165, 1.54) is 6.07 Å². The maximum Gasteiger partial charge on any atom is 0.354 e. The molecule has 0 aliphatic carbocycles. The van der Waals surface area contributed by atoms with Crippen molar-refractivity contribution in [3.05, 3.63) is 45.4 Å². The molecule has 0 saturated carbocycles. The van der Waals surface area contributed by atoms with Gasteiger partial charge in [-0.25, -0.2) is 4.79 Å². The molecular weight excluding hydrogens is 268 g/mol. The van der Waals surface area contributed by atoms with E-state index < -0.39 is 5.97 Å².